The Labute approximate surface area is 191 Å². The SMILES string of the molecule is CCCC[C@@](C)(O)[C@H]1C[C@@]23C=C[C@]1(OC)[C@@]1(C)Oc4c(O)ccc5c4[C@@]12CCN(C)[C@@H]3C5. The molecule has 1 saturated heterocycles. The smallest absolute Gasteiger partial charge is 0.166 e. The van der Waals surface area contributed by atoms with Crippen LogP contribution in [0.2, 0.25) is 0 Å². The molecule has 7 rings (SSSR count). The van der Waals surface area contributed by atoms with E-state index in [9.17, 15) is 10.2 Å². The molecular weight excluding hydrogens is 402 g/mol. The fourth-order valence-electron chi connectivity index (χ4n) is 9.09. The molecule has 0 aromatic heterocycles. The zero-order valence-electron chi connectivity index (χ0n) is 20.1. The Morgan fingerprint density at radius 3 is 2.81 bits per heavy atom. The summed E-state index contributed by atoms with van der Waals surface area (Å²) in [5, 5.41) is 22.8. The molecule has 5 heteroatoms. The van der Waals surface area contributed by atoms with Crippen molar-refractivity contribution in [1.29, 1.82) is 0 Å². The molecule has 6 aliphatic rings. The highest BCUT2D eigenvalue weighted by atomic mass is 16.6. The van der Waals surface area contributed by atoms with Crippen LogP contribution in [0.25, 0.3) is 0 Å². The summed E-state index contributed by atoms with van der Waals surface area (Å²) in [6.07, 6.45) is 10.2. The first-order chi connectivity index (χ1) is 15.1. The zero-order valence-corrected chi connectivity index (χ0v) is 20.1. The maximum absolute atomic E-state index is 11.9. The molecule has 2 spiro atoms. The van der Waals surface area contributed by atoms with Crippen LogP contribution in [-0.4, -0.2) is 58.7 Å². The van der Waals surface area contributed by atoms with Gasteiger partial charge in [-0.2, -0.15) is 0 Å². The van der Waals surface area contributed by atoms with Gasteiger partial charge in [-0.05, 0) is 64.8 Å². The van der Waals surface area contributed by atoms with E-state index in [1.165, 1.54) is 11.1 Å². The van der Waals surface area contributed by atoms with Gasteiger partial charge in [0.25, 0.3) is 0 Å². The molecule has 1 saturated carbocycles. The van der Waals surface area contributed by atoms with E-state index in [0.717, 1.165) is 45.1 Å². The Kier molecular flexibility index (Phi) is 4.01. The minimum Gasteiger partial charge on any atom is -0.504 e. The summed E-state index contributed by atoms with van der Waals surface area (Å²) in [5.74, 6) is 0.777. The van der Waals surface area contributed by atoms with Crippen molar-refractivity contribution in [3.8, 4) is 11.5 Å². The molecular formula is C27H37NO4. The number of aliphatic hydroxyl groups is 1. The fourth-order valence-corrected chi connectivity index (χ4v) is 9.09. The molecule has 0 radical (unpaired) electrons. The number of unbranched alkanes of at least 4 members (excludes halogenated alkanes) is 1. The monoisotopic (exact) mass is 439 g/mol. The van der Waals surface area contributed by atoms with Gasteiger partial charge in [-0.15, -0.1) is 0 Å². The molecule has 174 valence electrons. The first-order valence-electron chi connectivity index (χ1n) is 12.4. The maximum atomic E-state index is 11.9. The van der Waals surface area contributed by atoms with E-state index in [4.69, 9.17) is 9.47 Å². The molecule has 2 N–H and O–H groups in total. The number of piperidine rings is 1. The number of rotatable bonds is 5. The number of benzene rings is 1. The standard InChI is InChI=1S/C27H37NO4/c1-6-7-10-23(2,30)19-16-25-11-12-27(19,31-5)24(3)26(25)13-14-28(4)20(25)15-17-8-9-18(29)22(32-24)21(17)26/h8-9,11-12,19-20,29-30H,6-7,10,13-16H2,1-5H3/t19-,20-,23-,24+,25-,26+,27-/m1/s1. The number of aromatic hydroxyl groups is 1. The number of ether oxygens (including phenoxy) is 2. The highest BCUT2D eigenvalue weighted by Crippen LogP contribution is 2.79. The second kappa shape index (κ2) is 6.11. The number of hydrogen-bond donors (Lipinski definition) is 2. The van der Waals surface area contributed by atoms with Crippen molar-refractivity contribution in [2.24, 2.45) is 11.3 Å². The van der Waals surface area contributed by atoms with Crippen LogP contribution in [-0.2, 0) is 16.6 Å². The Morgan fingerprint density at radius 1 is 1.31 bits per heavy atom. The summed E-state index contributed by atoms with van der Waals surface area (Å²) in [7, 11) is 4.02. The van der Waals surface area contributed by atoms with Crippen molar-refractivity contribution >= 4 is 0 Å². The number of nitrogens with zero attached hydrogens (tertiary/aromatic N) is 1. The van der Waals surface area contributed by atoms with Gasteiger partial charge in [-0.1, -0.05) is 38.0 Å². The number of hydrogen-bond acceptors (Lipinski definition) is 5. The quantitative estimate of drug-likeness (QED) is 0.681. The summed E-state index contributed by atoms with van der Waals surface area (Å²) >= 11 is 0. The van der Waals surface area contributed by atoms with Crippen LogP contribution < -0.4 is 4.74 Å². The summed E-state index contributed by atoms with van der Waals surface area (Å²) in [6, 6.07) is 4.23. The van der Waals surface area contributed by atoms with Crippen molar-refractivity contribution in [1.82, 2.24) is 4.90 Å². The van der Waals surface area contributed by atoms with Gasteiger partial charge in [-0.3, -0.25) is 0 Å². The lowest BCUT2D eigenvalue weighted by Crippen LogP contribution is -2.85. The molecule has 5 nitrogen and oxygen atoms in total. The minimum atomic E-state index is -0.873. The van der Waals surface area contributed by atoms with E-state index >= 15 is 0 Å². The van der Waals surface area contributed by atoms with Gasteiger partial charge < -0.3 is 24.6 Å². The lowest BCUT2D eigenvalue weighted by atomic mass is 9.32. The third-order valence-electron chi connectivity index (χ3n) is 10.5. The summed E-state index contributed by atoms with van der Waals surface area (Å²) in [6.45, 7) is 7.37. The normalized spacial score (nSPS) is 44.8. The summed E-state index contributed by atoms with van der Waals surface area (Å²) in [4.78, 5) is 2.52. The molecule has 4 aliphatic carbocycles. The van der Waals surface area contributed by atoms with Crippen LogP contribution in [0.1, 0.15) is 64.0 Å². The van der Waals surface area contributed by atoms with Gasteiger partial charge in [0, 0.05) is 30.0 Å². The second-order valence-electron chi connectivity index (χ2n) is 11.5. The maximum Gasteiger partial charge on any atom is 0.166 e. The molecule has 0 amide bonds. The molecule has 4 bridgehead atoms. The van der Waals surface area contributed by atoms with Crippen molar-refractivity contribution in [2.45, 2.75) is 87.6 Å². The number of phenols is 1. The van der Waals surface area contributed by atoms with E-state index in [1.807, 2.05) is 6.92 Å². The number of fused-ring (bicyclic) bond motifs is 1. The predicted molar refractivity (Wildman–Crippen MR) is 123 cm³/mol. The Morgan fingerprint density at radius 2 is 2.09 bits per heavy atom. The molecule has 2 heterocycles. The average molecular weight is 440 g/mol. The minimum absolute atomic E-state index is 0.0957. The van der Waals surface area contributed by atoms with Crippen LogP contribution >= 0.6 is 0 Å². The number of phenolic OH excluding ortho intramolecular Hbond substituents is 1. The summed E-state index contributed by atoms with van der Waals surface area (Å²) in [5.41, 5.74) is -0.290. The van der Waals surface area contributed by atoms with Gasteiger partial charge >= 0.3 is 0 Å². The highest BCUT2D eigenvalue weighted by molar-refractivity contribution is 5.67. The Bertz CT molecular complexity index is 1020. The molecule has 2 aliphatic heterocycles. The molecule has 2 fully saturated rings. The number of likely N-dealkylation sites (N-methyl/N-ethyl adjacent to an activating group) is 1. The first kappa shape index (κ1) is 21.0. The van der Waals surface area contributed by atoms with E-state index in [2.05, 4.69) is 44.0 Å². The van der Waals surface area contributed by atoms with Gasteiger partial charge in [0.05, 0.1) is 11.0 Å². The van der Waals surface area contributed by atoms with Crippen LogP contribution in [0, 0.1) is 11.3 Å². The van der Waals surface area contributed by atoms with Crippen molar-refractivity contribution in [3.63, 3.8) is 0 Å². The van der Waals surface area contributed by atoms with Crippen LogP contribution in [0.15, 0.2) is 24.3 Å². The number of methoxy groups -OCH3 is 1. The van der Waals surface area contributed by atoms with Crippen molar-refractivity contribution in [2.75, 3.05) is 20.7 Å². The molecule has 1 aromatic rings. The highest BCUT2D eigenvalue weighted by Gasteiger charge is 2.85. The third kappa shape index (κ3) is 1.93. The van der Waals surface area contributed by atoms with E-state index in [1.54, 1.807) is 13.2 Å². The molecule has 32 heavy (non-hydrogen) atoms. The van der Waals surface area contributed by atoms with Crippen molar-refractivity contribution in [3.05, 3.63) is 35.4 Å². The molecule has 7 atom stereocenters. The lowest BCUT2D eigenvalue weighted by Gasteiger charge is -2.75. The predicted octanol–water partition coefficient (Wildman–Crippen LogP) is 3.94. The van der Waals surface area contributed by atoms with Gasteiger partial charge in [-0.25, -0.2) is 0 Å². The second-order valence-corrected chi connectivity index (χ2v) is 11.5. The Hall–Kier alpha value is -1.56. The van der Waals surface area contributed by atoms with E-state index in [0.29, 0.717) is 11.8 Å². The topological polar surface area (TPSA) is 62.2 Å². The van der Waals surface area contributed by atoms with E-state index < -0.39 is 16.8 Å². The lowest BCUT2D eigenvalue weighted by molar-refractivity contribution is -0.286. The van der Waals surface area contributed by atoms with Crippen LogP contribution in [0.4, 0.5) is 0 Å². The summed E-state index contributed by atoms with van der Waals surface area (Å²) < 4.78 is 13.4. The van der Waals surface area contributed by atoms with E-state index in [-0.39, 0.29) is 22.5 Å². The largest absolute Gasteiger partial charge is 0.504 e. The van der Waals surface area contributed by atoms with Crippen molar-refractivity contribution < 1.29 is 19.7 Å². The van der Waals surface area contributed by atoms with Gasteiger partial charge in [0.2, 0.25) is 0 Å². The molecule has 0 unspecified atom stereocenters. The van der Waals surface area contributed by atoms with Crippen LogP contribution in [0.5, 0.6) is 11.5 Å². The number of likely N-dealkylation sites (tertiary alicyclic amines) is 1. The fraction of sp³-hybridized carbons (Fsp3) is 0.704. The van der Waals surface area contributed by atoms with Crippen LogP contribution in [0.3, 0.4) is 0 Å². The Balaban J connectivity index is 1.66. The zero-order chi connectivity index (χ0) is 22.7. The average Bonchev–Trinajstić information content (AvgIpc) is 3.07. The van der Waals surface area contributed by atoms with Gasteiger partial charge in [0.1, 0.15) is 11.2 Å². The first-order valence-corrected chi connectivity index (χ1v) is 12.4. The third-order valence-corrected chi connectivity index (χ3v) is 10.5. The van der Waals surface area contributed by atoms with Gasteiger partial charge in [0.15, 0.2) is 11.5 Å². The molecule has 1 aromatic carbocycles.